The molecule has 0 saturated carbocycles. The molecule has 1 aromatic rings. The molecular formula is C12H23N3S. The molecule has 1 rings (SSSR count). The number of nitrogens with one attached hydrogen (secondary N) is 1. The maximum Gasteiger partial charge on any atom is 0.0939 e. The van der Waals surface area contributed by atoms with Crippen molar-refractivity contribution in [2.45, 2.75) is 44.7 Å². The van der Waals surface area contributed by atoms with Crippen LogP contribution in [0.4, 0.5) is 0 Å². The summed E-state index contributed by atoms with van der Waals surface area (Å²) in [5.74, 6) is 1.14. The van der Waals surface area contributed by atoms with Crippen LogP contribution in [-0.4, -0.2) is 27.6 Å². The van der Waals surface area contributed by atoms with E-state index in [9.17, 15) is 0 Å². The summed E-state index contributed by atoms with van der Waals surface area (Å²) < 4.78 is 1.96. The second-order valence-corrected chi connectivity index (χ2v) is 6.24. The van der Waals surface area contributed by atoms with Crippen LogP contribution in [0.5, 0.6) is 0 Å². The molecule has 92 valence electrons. The van der Waals surface area contributed by atoms with E-state index in [1.165, 1.54) is 11.4 Å². The van der Waals surface area contributed by atoms with Gasteiger partial charge in [-0.25, -0.2) is 0 Å². The molecule has 0 aliphatic carbocycles. The standard InChI is InChI=1S/C12H23N3S/c1-10-9-11(15(5)14-10)16-8-6-7-13-12(2,3)4/h9,13H,6-8H2,1-5H3. The molecule has 4 heteroatoms. The van der Waals surface area contributed by atoms with E-state index in [1.807, 2.05) is 30.4 Å². The van der Waals surface area contributed by atoms with Gasteiger partial charge in [0.15, 0.2) is 0 Å². The van der Waals surface area contributed by atoms with Crippen LogP contribution in [-0.2, 0) is 7.05 Å². The van der Waals surface area contributed by atoms with Crippen LogP contribution < -0.4 is 5.32 Å². The van der Waals surface area contributed by atoms with Gasteiger partial charge in [0.25, 0.3) is 0 Å². The van der Waals surface area contributed by atoms with Crippen molar-refractivity contribution >= 4 is 11.8 Å². The summed E-state index contributed by atoms with van der Waals surface area (Å²) in [6, 6.07) is 2.14. The van der Waals surface area contributed by atoms with Gasteiger partial charge in [-0.1, -0.05) is 0 Å². The molecule has 1 heterocycles. The van der Waals surface area contributed by atoms with Crippen molar-refractivity contribution in [2.24, 2.45) is 7.05 Å². The normalized spacial score (nSPS) is 12.1. The van der Waals surface area contributed by atoms with Gasteiger partial charge in [0.1, 0.15) is 0 Å². The Morgan fingerprint density at radius 2 is 2.12 bits per heavy atom. The fraction of sp³-hybridized carbons (Fsp3) is 0.750. The molecule has 0 amide bonds. The fourth-order valence-corrected chi connectivity index (χ4v) is 2.41. The van der Waals surface area contributed by atoms with Crippen molar-refractivity contribution < 1.29 is 0 Å². The minimum Gasteiger partial charge on any atom is -0.312 e. The van der Waals surface area contributed by atoms with Gasteiger partial charge in [-0.15, -0.1) is 11.8 Å². The lowest BCUT2D eigenvalue weighted by Gasteiger charge is -2.20. The van der Waals surface area contributed by atoms with E-state index in [-0.39, 0.29) is 5.54 Å². The molecule has 0 spiro atoms. The van der Waals surface area contributed by atoms with Gasteiger partial charge in [-0.2, -0.15) is 5.10 Å². The Labute approximate surface area is 103 Å². The lowest BCUT2D eigenvalue weighted by Crippen LogP contribution is -2.36. The van der Waals surface area contributed by atoms with Crippen LogP contribution in [0, 0.1) is 6.92 Å². The predicted molar refractivity (Wildman–Crippen MR) is 71.0 cm³/mol. The van der Waals surface area contributed by atoms with E-state index in [0.29, 0.717) is 0 Å². The summed E-state index contributed by atoms with van der Waals surface area (Å²) in [6.45, 7) is 9.71. The van der Waals surface area contributed by atoms with E-state index >= 15 is 0 Å². The summed E-state index contributed by atoms with van der Waals surface area (Å²) in [5.41, 5.74) is 1.33. The Balaban J connectivity index is 2.19. The van der Waals surface area contributed by atoms with Gasteiger partial charge in [0, 0.05) is 18.3 Å². The smallest absolute Gasteiger partial charge is 0.0939 e. The van der Waals surface area contributed by atoms with Gasteiger partial charge in [-0.3, -0.25) is 4.68 Å². The number of thioether (sulfide) groups is 1. The van der Waals surface area contributed by atoms with Gasteiger partial charge >= 0.3 is 0 Å². The summed E-state index contributed by atoms with van der Waals surface area (Å²) in [7, 11) is 2.00. The first-order chi connectivity index (χ1) is 7.38. The zero-order valence-corrected chi connectivity index (χ0v) is 11.8. The van der Waals surface area contributed by atoms with Gasteiger partial charge < -0.3 is 5.32 Å². The predicted octanol–water partition coefficient (Wildman–Crippen LogP) is 2.60. The minimum atomic E-state index is 0.230. The first kappa shape index (κ1) is 13.6. The third kappa shape index (κ3) is 5.03. The van der Waals surface area contributed by atoms with Crippen LogP contribution in [0.3, 0.4) is 0 Å². The zero-order valence-electron chi connectivity index (χ0n) is 11.0. The van der Waals surface area contributed by atoms with Crippen molar-refractivity contribution in [1.29, 1.82) is 0 Å². The molecule has 1 aromatic heterocycles. The van der Waals surface area contributed by atoms with Crippen LogP contribution in [0.1, 0.15) is 32.9 Å². The highest BCUT2D eigenvalue weighted by Gasteiger charge is 2.07. The fourth-order valence-electron chi connectivity index (χ4n) is 1.43. The van der Waals surface area contributed by atoms with Crippen LogP contribution in [0.25, 0.3) is 0 Å². The first-order valence-corrected chi connectivity index (χ1v) is 6.75. The molecule has 0 bridgehead atoms. The molecule has 0 saturated heterocycles. The number of hydrogen-bond acceptors (Lipinski definition) is 3. The molecule has 0 aliphatic rings. The minimum absolute atomic E-state index is 0.230. The number of aryl methyl sites for hydroxylation is 2. The highest BCUT2D eigenvalue weighted by molar-refractivity contribution is 7.99. The zero-order chi connectivity index (χ0) is 12.2. The summed E-state index contributed by atoms with van der Waals surface area (Å²) >= 11 is 1.88. The van der Waals surface area contributed by atoms with Crippen LogP contribution in [0.15, 0.2) is 11.1 Å². The largest absolute Gasteiger partial charge is 0.312 e. The maximum atomic E-state index is 4.33. The van der Waals surface area contributed by atoms with E-state index in [1.54, 1.807) is 0 Å². The van der Waals surface area contributed by atoms with Crippen molar-refractivity contribution in [2.75, 3.05) is 12.3 Å². The number of aromatic nitrogens is 2. The second-order valence-electron chi connectivity index (χ2n) is 5.13. The van der Waals surface area contributed by atoms with Crippen molar-refractivity contribution in [3.63, 3.8) is 0 Å². The monoisotopic (exact) mass is 241 g/mol. The third-order valence-corrected chi connectivity index (χ3v) is 3.36. The van der Waals surface area contributed by atoms with Crippen LogP contribution in [0.2, 0.25) is 0 Å². The number of rotatable bonds is 5. The van der Waals surface area contributed by atoms with Gasteiger partial charge in [-0.05, 0) is 46.7 Å². The lowest BCUT2D eigenvalue weighted by atomic mass is 10.1. The second kappa shape index (κ2) is 5.73. The van der Waals surface area contributed by atoms with Gasteiger partial charge in [0.05, 0.1) is 10.7 Å². The molecule has 0 aliphatic heterocycles. The summed E-state index contributed by atoms with van der Waals surface area (Å²) in [4.78, 5) is 0. The molecule has 0 fully saturated rings. The van der Waals surface area contributed by atoms with Crippen molar-refractivity contribution in [3.8, 4) is 0 Å². The van der Waals surface area contributed by atoms with E-state index in [0.717, 1.165) is 18.0 Å². The van der Waals surface area contributed by atoms with E-state index in [2.05, 4.69) is 37.3 Å². The quantitative estimate of drug-likeness (QED) is 0.635. The average Bonchev–Trinajstić information content (AvgIpc) is 2.42. The lowest BCUT2D eigenvalue weighted by molar-refractivity contribution is 0.427. The topological polar surface area (TPSA) is 29.9 Å². The maximum absolute atomic E-state index is 4.33. The highest BCUT2D eigenvalue weighted by Crippen LogP contribution is 2.18. The van der Waals surface area contributed by atoms with Crippen molar-refractivity contribution in [1.82, 2.24) is 15.1 Å². The highest BCUT2D eigenvalue weighted by atomic mass is 32.2. The molecule has 0 atom stereocenters. The summed E-state index contributed by atoms with van der Waals surface area (Å²) in [6.07, 6.45) is 1.19. The van der Waals surface area contributed by atoms with Gasteiger partial charge in [0.2, 0.25) is 0 Å². The van der Waals surface area contributed by atoms with E-state index in [4.69, 9.17) is 0 Å². The molecular weight excluding hydrogens is 218 g/mol. The number of hydrogen-bond donors (Lipinski definition) is 1. The Kier molecular flexibility index (Phi) is 4.87. The first-order valence-electron chi connectivity index (χ1n) is 5.77. The average molecular weight is 241 g/mol. The molecule has 3 nitrogen and oxygen atoms in total. The Morgan fingerprint density at radius 3 is 2.62 bits per heavy atom. The molecule has 1 N–H and O–H groups in total. The Hall–Kier alpha value is -0.480. The molecule has 0 unspecified atom stereocenters. The summed E-state index contributed by atoms with van der Waals surface area (Å²) in [5, 5.41) is 9.08. The third-order valence-electron chi connectivity index (χ3n) is 2.19. The van der Waals surface area contributed by atoms with E-state index < -0.39 is 0 Å². The SMILES string of the molecule is Cc1cc(SCCCNC(C)(C)C)n(C)n1. The molecule has 0 aromatic carbocycles. The Morgan fingerprint density at radius 1 is 1.44 bits per heavy atom. The molecule has 16 heavy (non-hydrogen) atoms. The number of nitrogens with zero attached hydrogens (tertiary/aromatic N) is 2. The van der Waals surface area contributed by atoms with Crippen molar-refractivity contribution in [3.05, 3.63) is 11.8 Å². The Bertz CT molecular complexity index is 325. The molecule has 0 radical (unpaired) electrons. The van der Waals surface area contributed by atoms with Crippen LogP contribution >= 0.6 is 11.8 Å².